The zero-order valence-corrected chi connectivity index (χ0v) is 77.1. The molecule has 6 aromatic heterocycles. The molecule has 12 aromatic rings. The van der Waals surface area contributed by atoms with E-state index >= 15 is 0 Å². The third-order valence-corrected chi connectivity index (χ3v) is 22.5. The second-order valence-electron chi connectivity index (χ2n) is 30.9. The summed E-state index contributed by atoms with van der Waals surface area (Å²) in [6.45, 7) is 11.0. The van der Waals surface area contributed by atoms with E-state index in [4.69, 9.17) is 83.7 Å². The van der Waals surface area contributed by atoms with E-state index in [2.05, 4.69) is 44.7 Å². The van der Waals surface area contributed by atoms with Gasteiger partial charge in [0.25, 0.3) is 17.7 Å². The Bertz CT molecular complexity index is 6480. The van der Waals surface area contributed by atoms with Gasteiger partial charge < -0.3 is 89.4 Å². The number of phosphoric acid groups is 4. The Morgan fingerprint density at radius 2 is 0.684 bits per heavy atom. The van der Waals surface area contributed by atoms with Crippen LogP contribution < -0.4 is 51.2 Å². The molecule has 0 unspecified atom stereocenters. The summed E-state index contributed by atoms with van der Waals surface area (Å²) in [5, 5.41) is 31.0. The second-order valence-corrected chi connectivity index (χ2v) is 35.5. The number of hydrogen-bond acceptors (Lipinski definition) is 25. The molecule has 0 radical (unpaired) electrons. The van der Waals surface area contributed by atoms with Crippen LogP contribution in [0.1, 0.15) is 149 Å². The third-order valence-electron chi connectivity index (χ3n) is 20.7. The van der Waals surface area contributed by atoms with Crippen molar-refractivity contribution in [1.29, 1.82) is 0 Å². The standard InChI is InChI=1S/C30H37N5O10P2.2C30H36N5O7P/c1-3-5-9-26-34-28-29(35(26)19-21-18-22(44-46(37,38)39)11-13-25(21)45-47(40,41)42)23-12-10-20(17-24(23)33-30(28)31)8-6-15-43-16-7-14-32-27(36)4-2;1-3-5-9-26-34-28-29(35(26)19-21-18-22(11-13-25(21)36)42-43(38,39)40)23-12-10-20(17-24(23)33-30(28)31)8-6-15-41-16-7-14-32-27(37)4-2;1-3-5-9-26-34-28-29(35(26)19-21-18-22(36)11-13-25(21)42-43(38,39)40)23-12-10-20(17-24(23)33-30(28)31)8-6-15-41-16-7-14-32-27(37)4-2/h2,10-13,17-18H,3,5-9,14-16,19H2,1H3,(H2,31,33)(H,32,36)(H2,37,38,39)(H2,40,41,42);2*2,10-13,17-18,36H,3,5-9,14-16,19H2,1H3,(H2,31,33)(H,32,37)(H2,38,39,40). The lowest BCUT2D eigenvalue weighted by molar-refractivity contribution is -0.116. The van der Waals surface area contributed by atoms with Crippen molar-refractivity contribution in [1.82, 2.24) is 59.6 Å². The number of aromatic nitrogens is 9. The van der Waals surface area contributed by atoms with Gasteiger partial charge in [0.2, 0.25) is 0 Å². The minimum absolute atomic E-state index is 0.0393. The van der Waals surface area contributed by atoms with Gasteiger partial charge in [0, 0.05) is 111 Å². The fraction of sp³-hybridized carbons (Fsp3) is 0.367. The Morgan fingerprint density at radius 3 is 1.02 bits per heavy atom. The van der Waals surface area contributed by atoms with Crippen molar-refractivity contribution in [2.24, 2.45) is 0 Å². The number of carbonyl (C=O) groups is 3. The van der Waals surface area contributed by atoms with Crippen molar-refractivity contribution < 1.29 is 114 Å². The molecule has 0 aliphatic carbocycles. The molecule has 43 heteroatoms. The number of fused-ring (bicyclic) bond motifs is 9. The van der Waals surface area contributed by atoms with Gasteiger partial charge in [0.15, 0.2) is 17.5 Å². The molecule has 0 bridgehead atoms. The van der Waals surface area contributed by atoms with E-state index in [1.807, 2.05) is 93.0 Å². The SMILES string of the molecule is C#CC(=O)NCCCOCCCc1ccc2c(c1)nc(N)c1nc(CCCC)n(Cc3cc(O)ccc3OP(=O)(O)O)c12.C#CC(=O)NCCCOCCCc1ccc2c(c1)nc(N)c1nc(CCCC)n(Cc3cc(OP(=O)(O)O)ccc3O)c12.C#CC(=O)NCCCOCCCc1ccc2c(c1)nc(N)c1nc(CCCC)n(Cc3cc(OP(=O)(O)O)ccc3OP(=O)(O)O)c12. The number of rotatable bonds is 47. The van der Waals surface area contributed by atoms with Crippen LogP contribution in [0.3, 0.4) is 0 Å². The molecule has 0 saturated heterocycles. The number of phenolic OH excluding ortho intramolecular Hbond substituents is 2. The maximum Gasteiger partial charge on any atom is 0.524 e. The average molecular weight is 1910 g/mol. The maximum absolute atomic E-state index is 11.8. The Balaban J connectivity index is 0.000000207. The van der Waals surface area contributed by atoms with Gasteiger partial charge in [-0.05, 0) is 184 Å². The van der Waals surface area contributed by atoms with Crippen LogP contribution in [0.25, 0.3) is 65.8 Å². The van der Waals surface area contributed by atoms with Gasteiger partial charge in [-0.15, -0.1) is 19.3 Å². The zero-order valence-electron chi connectivity index (χ0n) is 73.6. The summed E-state index contributed by atoms with van der Waals surface area (Å²) in [6.07, 6.45) is 28.8. The van der Waals surface area contributed by atoms with Gasteiger partial charge >= 0.3 is 31.3 Å². The minimum atomic E-state index is -4.99. The molecular formula is C90H109N15O24P4. The predicted octanol–water partition coefficient (Wildman–Crippen LogP) is 11.2. The average Bonchev–Trinajstić information content (AvgIpc) is 1.62. The fourth-order valence-corrected chi connectivity index (χ4v) is 16.3. The van der Waals surface area contributed by atoms with Crippen LogP contribution in [0.15, 0.2) is 109 Å². The van der Waals surface area contributed by atoms with Gasteiger partial charge in [0.05, 0.1) is 52.7 Å². The first-order chi connectivity index (χ1) is 63.5. The van der Waals surface area contributed by atoms with E-state index in [0.717, 1.165) is 132 Å². The topological polar surface area (TPSA) is 593 Å². The number of hydrogen-bond donors (Lipinski definition) is 16. The summed E-state index contributed by atoms with van der Waals surface area (Å²) in [7, 11) is -19.5. The number of carbonyl (C=O) groups excluding carboxylic acids is 3. The summed E-state index contributed by atoms with van der Waals surface area (Å²) >= 11 is 0. The van der Waals surface area contributed by atoms with E-state index in [-0.39, 0.29) is 71.3 Å². The van der Waals surface area contributed by atoms with E-state index < -0.39 is 49.0 Å². The van der Waals surface area contributed by atoms with Crippen molar-refractivity contribution in [3.63, 3.8) is 0 Å². The maximum atomic E-state index is 11.8. The normalized spacial score (nSPS) is 11.7. The number of amides is 3. The number of unbranched alkanes of at least 4 members (excludes halogenated alkanes) is 3. The Labute approximate surface area is 766 Å². The molecule has 6 heterocycles. The highest BCUT2D eigenvalue weighted by Crippen LogP contribution is 2.46. The van der Waals surface area contributed by atoms with Gasteiger partial charge in [-0.3, -0.25) is 53.5 Å². The predicted molar refractivity (Wildman–Crippen MR) is 502 cm³/mol. The molecule has 0 spiro atoms. The number of terminal acetylenes is 3. The first kappa shape index (κ1) is 103. The number of nitrogens with one attached hydrogen (secondary N) is 3. The number of phenols is 2. The van der Waals surface area contributed by atoms with Crippen molar-refractivity contribution in [3.8, 4) is 71.5 Å². The number of phosphoric ester groups is 4. The molecule has 12 rings (SSSR count). The van der Waals surface area contributed by atoms with Crippen LogP contribution in [-0.2, 0) is 105 Å². The number of pyridine rings is 3. The van der Waals surface area contributed by atoms with Crippen molar-refractivity contribution in [2.75, 3.05) is 76.5 Å². The van der Waals surface area contributed by atoms with Gasteiger partial charge in [-0.2, -0.15) is 0 Å². The summed E-state index contributed by atoms with van der Waals surface area (Å²) in [4.78, 5) is 137. The van der Waals surface area contributed by atoms with E-state index in [1.165, 1.54) is 48.5 Å². The number of imidazole rings is 3. The first-order valence-corrected chi connectivity index (χ1v) is 49.0. The number of aryl methyl sites for hydroxylation is 6. The first-order valence-electron chi connectivity index (χ1n) is 42.9. The summed E-state index contributed by atoms with van der Waals surface area (Å²) in [5.74, 6) is 6.97. The fourth-order valence-electron chi connectivity index (χ4n) is 14.7. The summed E-state index contributed by atoms with van der Waals surface area (Å²) < 4.78 is 88.4. The van der Waals surface area contributed by atoms with Crippen LogP contribution >= 0.6 is 31.3 Å². The lowest BCUT2D eigenvalue weighted by Gasteiger charge is -2.17. The number of nitrogen functional groups attached to an aromatic ring is 3. The highest BCUT2D eigenvalue weighted by atomic mass is 31.2. The van der Waals surface area contributed by atoms with Crippen LogP contribution in [0.5, 0.6) is 34.5 Å². The number of benzene rings is 6. The van der Waals surface area contributed by atoms with Crippen LogP contribution in [0.2, 0.25) is 0 Å². The molecule has 39 nitrogen and oxygen atoms in total. The molecule has 0 atom stereocenters. The van der Waals surface area contributed by atoms with Crippen LogP contribution in [0.4, 0.5) is 17.5 Å². The molecule has 0 fully saturated rings. The smallest absolute Gasteiger partial charge is 0.508 e. The molecule has 708 valence electrons. The minimum Gasteiger partial charge on any atom is -0.508 e. The molecule has 0 aliphatic rings. The highest BCUT2D eigenvalue weighted by molar-refractivity contribution is 7.47. The van der Waals surface area contributed by atoms with Crippen LogP contribution in [0, 0.1) is 37.0 Å². The monoisotopic (exact) mass is 1910 g/mol. The molecule has 19 N–H and O–H groups in total. The van der Waals surface area contributed by atoms with Gasteiger partial charge in [0.1, 0.15) is 68.5 Å². The lowest BCUT2D eigenvalue weighted by atomic mass is 10.1. The Morgan fingerprint density at radius 1 is 0.376 bits per heavy atom. The van der Waals surface area contributed by atoms with Gasteiger partial charge in [-0.1, -0.05) is 76.4 Å². The van der Waals surface area contributed by atoms with E-state index in [0.29, 0.717) is 166 Å². The summed E-state index contributed by atoms with van der Waals surface area (Å²) in [6, 6.07) is 29.5. The van der Waals surface area contributed by atoms with Gasteiger partial charge in [-0.25, -0.2) is 48.2 Å². The number of aromatic hydroxyl groups is 2. The van der Waals surface area contributed by atoms with Crippen LogP contribution in [-0.4, -0.2) is 170 Å². The van der Waals surface area contributed by atoms with E-state index in [1.54, 1.807) is 0 Å². The largest absolute Gasteiger partial charge is 0.524 e. The number of anilines is 3. The summed E-state index contributed by atoms with van der Waals surface area (Å²) in [5.41, 5.74) is 29.0. The number of nitrogens with zero attached hydrogens (tertiary/aromatic N) is 9. The highest BCUT2D eigenvalue weighted by Gasteiger charge is 2.29. The lowest BCUT2D eigenvalue weighted by Crippen LogP contribution is -2.23. The number of nitrogens with two attached hydrogens (primary N) is 3. The molecule has 0 aliphatic heterocycles. The molecule has 6 aromatic carbocycles. The third kappa shape index (κ3) is 30.6. The van der Waals surface area contributed by atoms with E-state index in [9.17, 15) is 82.0 Å². The number of ether oxygens (including phenoxy) is 3. The zero-order chi connectivity index (χ0) is 96.2. The van der Waals surface area contributed by atoms with Crippen molar-refractivity contribution >= 4 is 132 Å². The second kappa shape index (κ2) is 48.4. The van der Waals surface area contributed by atoms with Crippen molar-refractivity contribution in [3.05, 3.63) is 160 Å². The Hall–Kier alpha value is -12.3. The molecule has 0 saturated carbocycles. The molecule has 3 amide bonds. The quantitative estimate of drug-likeness (QED) is 0.00957. The molecular weight excluding hydrogens is 1800 g/mol. The molecule has 133 heavy (non-hydrogen) atoms. The van der Waals surface area contributed by atoms with Crippen molar-refractivity contribution in [2.45, 2.75) is 156 Å². The Kier molecular flexibility index (Phi) is 37.4.